The molecule has 9 heteroatoms. The van der Waals surface area contributed by atoms with Gasteiger partial charge in [-0.3, -0.25) is 9.48 Å². The average molecular weight is 508 g/mol. The Kier molecular flexibility index (Phi) is 8.03. The zero-order valence-corrected chi connectivity index (χ0v) is 20.5. The van der Waals surface area contributed by atoms with Crippen molar-refractivity contribution in [2.45, 2.75) is 24.9 Å². The summed E-state index contributed by atoms with van der Waals surface area (Å²) in [6, 6.07) is 18.2. The molecular formula is C28H28F3N5O. The van der Waals surface area contributed by atoms with Gasteiger partial charge in [0.05, 0.1) is 17.7 Å². The second kappa shape index (κ2) is 11.4. The number of alkyl halides is 3. The largest absolute Gasteiger partial charge is 0.416 e. The molecule has 37 heavy (non-hydrogen) atoms. The first-order valence-corrected chi connectivity index (χ1v) is 11.9. The summed E-state index contributed by atoms with van der Waals surface area (Å²) < 4.78 is 40.2. The maximum absolute atomic E-state index is 13.2. The molecular weight excluding hydrogens is 479 g/mol. The van der Waals surface area contributed by atoms with Gasteiger partial charge in [-0.2, -0.15) is 18.3 Å². The predicted molar refractivity (Wildman–Crippen MR) is 137 cm³/mol. The Hall–Kier alpha value is -3.98. The van der Waals surface area contributed by atoms with Crippen molar-refractivity contribution < 1.29 is 18.0 Å². The number of rotatable bonds is 9. The first kappa shape index (κ1) is 26.1. The molecule has 192 valence electrons. The molecule has 0 radical (unpaired) electrons. The topological polar surface area (TPSA) is 71.8 Å². The van der Waals surface area contributed by atoms with Gasteiger partial charge in [-0.1, -0.05) is 49.4 Å². The maximum Gasteiger partial charge on any atom is 0.416 e. The van der Waals surface area contributed by atoms with Crippen LogP contribution in [0.3, 0.4) is 0 Å². The van der Waals surface area contributed by atoms with Crippen LogP contribution in [-0.4, -0.2) is 33.8 Å². The number of amides is 1. The minimum atomic E-state index is -4.36. The van der Waals surface area contributed by atoms with Crippen molar-refractivity contribution in [1.82, 2.24) is 20.1 Å². The summed E-state index contributed by atoms with van der Waals surface area (Å²) in [5.41, 5.74) is 2.80. The van der Waals surface area contributed by atoms with E-state index in [1.165, 1.54) is 12.1 Å². The van der Waals surface area contributed by atoms with E-state index < -0.39 is 17.7 Å². The molecule has 0 spiro atoms. The molecule has 0 aliphatic carbocycles. The van der Waals surface area contributed by atoms with Crippen LogP contribution in [-0.2, 0) is 18.0 Å². The molecule has 2 atom stereocenters. The van der Waals surface area contributed by atoms with Crippen molar-refractivity contribution in [1.29, 1.82) is 0 Å². The fourth-order valence-electron chi connectivity index (χ4n) is 4.03. The lowest BCUT2D eigenvalue weighted by molar-refractivity contribution is -0.137. The van der Waals surface area contributed by atoms with Crippen molar-refractivity contribution >= 4 is 11.7 Å². The number of hydrogen-bond acceptors (Lipinski definition) is 4. The van der Waals surface area contributed by atoms with E-state index in [1.807, 2.05) is 56.6 Å². The number of nitrogens with zero attached hydrogens (tertiary/aromatic N) is 3. The molecule has 6 nitrogen and oxygen atoms in total. The standard InChI is InChI=1S/C28H28F3N5O/c1-19(20-8-11-24(12-9-20)28(29,30)31)14-32-17-25(21-6-4-3-5-7-21)27(37)35-26-13-10-22(15-33-26)23-16-34-36(2)18-23/h3-13,15-16,18-19,25,32H,14,17H2,1-2H3,(H,33,35,37)/t19-,25?/m1/s1. The maximum atomic E-state index is 13.2. The smallest absolute Gasteiger partial charge is 0.315 e. The zero-order chi connectivity index (χ0) is 26.4. The van der Waals surface area contributed by atoms with Crippen LogP contribution in [0.15, 0.2) is 85.3 Å². The third-order valence-corrected chi connectivity index (χ3v) is 6.18. The Morgan fingerprint density at radius 1 is 0.919 bits per heavy atom. The van der Waals surface area contributed by atoms with Crippen molar-refractivity contribution in [2.75, 3.05) is 18.4 Å². The zero-order valence-electron chi connectivity index (χ0n) is 20.5. The molecule has 0 bridgehead atoms. The average Bonchev–Trinajstić information content (AvgIpc) is 3.33. The third kappa shape index (κ3) is 6.83. The molecule has 0 fully saturated rings. The number of benzene rings is 2. The van der Waals surface area contributed by atoms with Gasteiger partial charge in [-0.15, -0.1) is 0 Å². The highest BCUT2D eigenvalue weighted by Crippen LogP contribution is 2.30. The minimum Gasteiger partial charge on any atom is -0.315 e. The number of aryl methyl sites for hydroxylation is 1. The molecule has 0 aliphatic rings. The molecule has 4 rings (SSSR count). The van der Waals surface area contributed by atoms with Gasteiger partial charge >= 0.3 is 6.18 Å². The van der Waals surface area contributed by atoms with Crippen LogP contribution in [0.1, 0.15) is 35.4 Å². The number of nitrogens with one attached hydrogen (secondary N) is 2. The number of carbonyl (C=O) groups excluding carboxylic acids is 1. The van der Waals surface area contributed by atoms with Crippen LogP contribution in [0, 0.1) is 0 Å². The van der Waals surface area contributed by atoms with E-state index in [0.29, 0.717) is 18.9 Å². The number of pyridine rings is 1. The molecule has 1 amide bonds. The molecule has 2 aromatic heterocycles. The van der Waals surface area contributed by atoms with Gasteiger partial charge in [0.1, 0.15) is 5.82 Å². The molecule has 0 saturated heterocycles. The van der Waals surface area contributed by atoms with Crippen molar-refractivity contribution in [3.8, 4) is 11.1 Å². The fourth-order valence-corrected chi connectivity index (χ4v) is 4.03. The van der Waals surface area contributed by atoms with E-state index in [0.717, 1.165) is 34.4 Å². The summed E-state index contributed by atoms with van der Waals surface area (Å²) in [5.74, 6) is -0.288. The molecule has 2 aromatic carbocycles. The summed E-state index contributed by atoms with van der Waals surface area (Å²) in [4.78, 5) is 17.6. The van der Waals surface area contributed by atoms with Gasteiger partial charge in [0.15, 0.2) is 0 Å². The molecule has 0 saturated carbocycles. The van der Waals surface area contributed by atoms with E-state index in [4.69, 9.17) is 0 Å². The summed E-state index contributed by atoms with van der Waals surface area (Å²) in [7, 11) is 1.84. The van der Waals surface area contributed by atoms with Crippen LogP contribution in [0.25, 0.3) is 11.1 Å². The fraction of sp³-hybridized carbons (Fsp3) is 0.250. The monoisotopic (exact) mass is 507 g/mol. The lowest BCUT2D eigenvalue weighted by atomic mass is 9.96. The quantitative estimate of drug-likeness (QED) is 0.309. The van der Waals surface area contributed by atoms with Gasteiger partial charge in [-0.25, -0.2) is 4.98 Å². The third-order valence-electron chi connectivity index (χ3n) is 6.18. The Bertz CT molecular complexity index is 1300. The van der Waals surface area contributed by atoms with Crippen LogP contribution in [0.2, 0.25) is 0 Å². The highest BCUT2D eigenvalue weighted by atomic mass is 19.4. The SMILES string of the molecule is C[C@H](CNCC(C(=O)Nc1ccc(-c2cnn(C)c2)cn1)c1ccccc1)c1ccc(C(F)(F)F)cc1. The van der Waals surface area contributed by atoms with Crippen LogP contribution in [0.5, 0.6) is 0 Å². The van der Waals surface area contributed by atoms with Gasteiger partial charge in [-0.05, 0) is 41.3 Å². The Morgan fingerprint density at radius 2 is 1.65 bits per heavy atom. The van der Waals surface area contributed by atoms with Crippen molar-refractivity contribution in [2.24, 2.45) is 7.05 Å². The van der Waals surface area contributed by atoms with E-state index >= 15 is 0 Å². The Balaban J connectivity index is 1.39. The number of carbonyl (C=O) groups is 1. The number of halogens is 3. The van der Waals surface area contributed by atoms with Crippen molar-refractivity contribution in [3.63, 3.8) is 0 Å². The van der Waals surface area contributed by atoms with Crippen LogP contribution < -0.4 is 10.6 Å². The van der Waals surface area contributed by atoms with E-state index in [1.54, 1.807) is 23.1 Å². The first-order chi connectivity index (χ1) is 17.7. The number of anilines is 1. The molecule has 2 heterocycles. The van der Waals surface area contributed by atoms with Crippen molar-refractivity contribution in [3.05, 3.63) is 102 Å². The summed E-state index contributed by atoms with van der Waals surface area (Å²) in [6.07, 6.45) is 0.967. The van der Waals surface area contributed by atoms with E-state index in [-0.39, 0.29) is 11.8 Å². The predicted octanol–water partition coefficient (Wildman–Crippen LogP) is 5.62. The second-order valence-electron chi connectivity index (χ2n) is 8.97. The van der Waals surface area contributed by atoms with E-state index in [9.17, 15) is 18.0 Å². The molecule has 2 N–H and O–H groups in total. The number of hydrogen-bond donors (Lipinski definition) is 2. The highest BCUT2D eigenvalue weighted by molar-refractivity contribution is 5.95. The Labute approximate surface area is 213 Å². The Morgan fingerprint density at radius 3 is 2.24 bits per heavy atom. The van der Waals surface area contributed by atoms with Gasteiger partial charge in [0, 0.05) is 43.7 Å². The van der Waals surface area contributed by atoms with Gasteiger partial charge in [0.25, 0.3) is 0 Å². The lowest BCUT2D eigenvalue weighted by Crippen LogP contribution is -2.32. The summed E-state index contributed by atoms with van der Waals surface area (Å²) >= 11 is 0. The lowest BCUT2D eigenvalue weighted by Gasteiger charge is -2.20. The normalized spacial score (nSPS) is 13.2. The summed E-state index contributed by atoms with van der Waals surface area (Å²) in [5, 5.41) is 10.4. The molecule has 4 aromatic rings. The van der Waals surface area contributed by atoms with Crippen LogP contribution in [0.4, 0.5) is 19.0 Å². The minimum absolute atomic E-state index is 0.0385. The summed E-state index contributed by atoms with van der Waals surface area (Å²) in [6.45, 7) is 2.79. The number of aromatic nitrogens is 3. The van der Waals surface area contributed by atoms with Crippen LogP contribution >= 0.6 is 0 Å². The molecule has 1 unspecified atom stereocenters. The first-order valence-electron chi connectivity index (χ1n) is 11.9. The van der Waals surface area contributed by atoms with Gasteiger partial charge < -0.3 is 10.6 Å². The second-order valence-corrected chi connectivity index (χ2v) is 8.97. The highest BCUT2D eigenvalue weighted by Gasteiger charge is 2.30. The van der Waals surface area contributed by atoms with Gasteiger partial charge in [0.2, 0.25) is 5.91 Å². The van der Waals surface area contributed by atoms with E-state index in [2.05, 4.69) is 20.7 Å². The molecule has 0 aliphatic heterocycles.